The molecule has 2 aromatic carbocycles. The molecule has 3 rings (SSSR count). The van der Waals surface area contributed by atoms with E-state index in [2.05, 4.69) is 10.6 Å². The molecule has 124 valence electrons. The summed E-state index contributed by atoms with van der Waals surface area (Å²) in [4.78, 5) is 23.7. The lowest BCUT2D eigenvalue weighted by Crippen LogP contribution is -2.29. The van der Waals surface area contributed by atoms with Crippen molar-refractivity contribution in [2.45, 2.75) is 26.3 Å². The molecule has 5 heteroatoms. The first-order valence-electron chi connectivity index (χ1n) is 7.93. The lowest BCUT2D eigenvalue weighted by molar-refractivity contribution is -0.121. The second-order valence-corrected chi connectivity index (χ2v) is 5.98. The summed E-state index contributed by atoms with van der Waals surface area (Å²) in [7, 11) is 0. The molecule has 0 spiro atoms. The van der Waals surface area contributed by atoms with Crippen LogP contribution in [0.25, 0.3) is 0 Å². The zero-order valence-electron chi connectivity index (χ0n) is 13.8. The Balaban J connectivity index is 1.67. The summed E-state index contributed by atoms with van der Waals surface area (Å²) in [6.45, 7) is 3.95. The molecule has 0 saturated heterocycles. The summed E-state index contributed by atoms with van der Waals surface area (Å²) in [5.41, 5.74) is 3.68. The molecule has 0 radical (unpaired) electrons. The van der Waals surface area contributed by atoms with E-state index in [9.17, 15) is 9.59 Å². The molecule has 1 heterocycles. The van der Waals surface area contributed by atoms with E-state index in [1.807, 2.05) is 56.3 Å². The van der Waals surface area contributed by atoms with Crippen molar-refractivity contribution in [1.29, 1.82) is 0 Å². The first-order valence-corrected chi connectivity index (χ1v) is 7.93. The number of benzene rings is 2. The fourth-order valence-corrected chi connectivity index (χ4v) is 2.73. The molecule has 0 fully saturated rings. The molecule has 2 N–H and O–H groups in total. The van der Waals surface area contributed by atoms with Crippen LogP contribution in [-0.4, -0.2) is 18.4 Å². The largest absolute Gasteiger partial charge is 0.482 e. The van der Waals surface area contributed by atoms with Crippen molar-refractivity contribution in [2.75, 3.05) is 11.9 Å². The van der Waals surface area contributed by atoms with Crippen molar-refractivity contribution in [2.24, 2.45) is 0 Å². The van der Waals surface area contributed by atoms with Gasteiger partial charge in [0.1, 0.15) is 5.75 Å². The molecule has 24 heavy (non-hydrogen) atoms. The van der Waals surface area contributed by atoms with E-state index in [4.69, 9.17) is 4.74 Å². The van der Waals surface area contributed by atoms with Gasteiger partial charge in [0, 0.05) is 0 Å². The highest BCUT2D eigenvalue weighted by atomic mass is 16.5. The van der Waals surface area contributed by atoms with Crippen LogP contribution in [0.5, 0.6) is 5.75 Å². The van der Waals surface area contributed by atoms with Crippen molar-refractivity contribution in [1.82, 2.24) is 5.32 Å². The highest BCUT2D eigenvalue weighted by molar-refractivity contribution is 5.95. The van der Waals surface area contributed by atoms with Gasteiger partial charge in [-0.05, 0) is 42.7 Å². The summed E-state index contributed by atoms with van der Waals surface area (Å²) in [5.74, 6) is 0.447. The molecule has 1 atom stereocenters. The molecule has 0 bridgehead atoms. The van der Waals surface area contributed by atoms with Crippen molar-refractivity contribution in [3.05, 3.63) is 59.2 Å². The number of fused-ring (bicyclic) bond motifs is 1. The minimum atomic E-state index is -0.170. The third-order valence-electron chi connectivity index (χ3n) is 4.13. The van der Waals surface area contributed by atoms with Crippen LogP contribution in [0, 0.1) is 6.92 Å². The minimum Gasteiger partial charge on any atom is -0.482 e. The third-order valence-corrected chi connectivity index (χ3v) is 4.13. The second kappa shape index (κ2) is 6.74. The van der Waals surface area contributed by atoms with Crippen LogP contribution in [0.4, 0.5) is 5.69 Å². The first-order chi connectivity index (χ1) is 11.5. The van der Waals surface area contributed by atoms with Crippen LogP contribution in [0.2, 0.25) is 0 Å². The zero-order chi connectivity index (χ0) is 17.1. The molecule has 0 aliphatic carbocycles. The number of hydrogen-bond donors (Lipinski definition) is 2. The number of hydrogen-bond acceptors (Lipinski definition) is 3. The number of amides is 2. The predicted octanol–water partition coefficient (Wildman–Crippen LogP) is 2.75. The number of anilines is 1. The van der Waals surface area contributed by atoms with E-state index in [1.54, 1.807) is 0 Å². The Labute approximate surface area is 141 Å². The monoisotopic (exact) mass is 324 g/mol. The number of carbonyl (C=O) groups is 2. The molecule has 2 amide bonds. The number of ether oxygens (including phenoxy) is 1. The molecular formula is C19H20N2O3. The Bertz CT molecular complexity index is 786. The maximum atomic E-state index is 12.3. The average Bonchev–Trinajstić information content (AvgIpc) is 2.56. The van der Waals surface area contributed by atoms with Gasteiger partial charge in [0.2, 0.25) is 5.91 Å². The van der Waals surface area contributed by atoms with Crippen LogP contribution >= 0.6 is 0 Å². The summed E-state index contributed by atoms with van der Waals surface area (Å²) in [6, 6.07) is 13.2. The molecular weight excluding hydrogens is 304 g/mol. The fraction of sp³-hybridized carbons (Fsp3) is 0.263. The van der Waals surface area contributed by atoms with Gasteiger partial charge in [0.25, 0.3) is 5.91 Å². The quantitative estimate of drug-likeness (QED) is 0.909. The van der Waals surface area contributed by atoms with E-state index >= 15 is 0 Å². The molecule has 0 saturated carbocycles. The molecule has 5 nitrogen and oxygen atoms in total. The average molecular weight is 324 g/mol. The first kappa shape index (κ1) is 16.1. The number of carbonyl (C=O) groups excluding carboxylic acids is 2. The number of nitrogens with one attached hydrogen (secondary N) is 2. The van der Waals surface area contributed by atoms with Crippen LogP contribution in [0.1, 0.15) is 29.7 Å². The van der Waals surface area contributed by atoms with Crippen molar-refractivity contribution in [3.63, 3.8) is 0 Å². The highest BCUT2D eigenvalue weighted by Gasteiger charge is 2.18. The van der Waals surface area contributed by atoms with Crippen LogP contribution in [0.3, 0.4) is 0 Å². The van der Waals surface area contributed by atoms with Crippen molar-refractivity contribution >= 4 is 17.5 Å². The number of aryl methyl sites for hydroxylation is 1. The summed E-state index contributed by atoms with van der Waals surface area (Å²) >= 11 is 0. The van der Waals surface area contributed by atoms with Gasteiger partial charge in [-0.3, -0.25) is 9.59 Å². The topological polar surface area (TPSA) is 67.4 Å². The Hall–Kier alpha value is -2.82. The molecule has 1 aliphatic rings. The summed E-state index contributed by atoms with van der Waals surface area (Å²) in [5, 5.41) is 5.78. The lowest BCUT2D eigenvalue weighted by atomic mass is 10.0. The SMILES string of the molecule is Cc1ccccc1CC(=O)N[C@H](C)c1ccc2c(c1)NC(=O)CO2. The van der Waals surface area contributed by atoms with Gasteiger partial charge in [-0.25, -0.2) is 0 Å². The zero-order valence-corrected chi connectivity index (χ0v) is 13.8. The van der Waals surface area contributed by atoms with Crippen molar-refractivity contribution < 1.29 is 14.3 Å². The van der Waals surface area contributed by atoms with Gasteiger partial charge in [0.15, 0.2) is 6.61 Å². The highest BCUT2D eigenvalue weighted by Crippen LogP contribution is 2.30. The fourth-order valence-electron chi connectivity index (χ4n) is 2.73. The second-order valence-electron chi connectivity index (χ2n) is 5.98. The Morgan fingerprint density at radius 3 is 2.88 bits per heavy atom. The van der Waals surface area contributed by atoms with Gasteiger partial charge in [0.05, 0.1) is 18.2 Å². The standard InChI is InChI=1S/C19H20N2O3/c1-12-5-3-4-6-14(12)10-18(22)20-13(2)15-7-8-17-16(9-15)21-19(23)11-24-17/h3-9,13H,10-11H2,1-2H3,(H,20,22)(H,21,23)/t13-/m1/s1. The van der Waals surface area contributed by atoms with Crippen molar-refractivity contribution in [3.8, 4) is 5.75 Å². The normalized spacial score (nSPS) is 14.2. The van der Waals surface area contributed by atoms with E-state index < -0.39 is 0 Å². The van der Waals surface area contributed by atoms with E-state index in [0.717, 1.165) is 16.7 Å². The Kier molecular flexibility index (Phi) is 4.51. The van der Waals surface area contributed by atoms with Gasteiger partial charge < -0.3 is 15.4 Å². The van der Waals surface area contributed by atoms with E-state index in [-0.39, 0.29) is 24.5 Å². The maximum absolute atomic E-state index is 12.3. The lowest BCUT2D eigenvalue weighted by Gasteiger charge is -2.21. The minimum absolute atomic E-state index is 0.0326. The van der Waals surface area contributed by atoms with E-state index in [0.29, 0.717) is 17.9 Å². The van der Waals surface area contributed by atoms with Crippen LogP contribution < -0.4 is 15.4 Å². The molecule has 2 aromatic rings. The van der Waals surface area contributed by atoms with Gasteiger partial charge in [-0.1, -0.05) is 30.3 Å². The van der Waals surface area contributed by atoms with Gasteiger partial charge >= 0.3 is 0 Å². The summed E-state index contributed by atoms with van der Waals surface area (Å²) in [6.07, 6.45) is 0.349. The van der Waals surface area contributed by atoms with Gasteiger partial charge in [-0.2, -0.15) is 0 Å². The Morgan fingerprint density at radius 2 is 2.08 bits per heavy atom. The van der Waals surface area contributed by atoms with Crippen LogP contribution in [-0.2, 0) is 16.0 Å². The molecule has 1 aliphatic heterocycles. The van der Waals surface area contributed by atoms with Gasteiger partial charge in [-0.15, -0.1) is 0 Å². The smallest absolute Gasteiger partial charge is 0.262 e. The summed E-state index contributed by atoms with van der Waals surface area (Å²) < 4.78 is 5.34. The number of rotatable bonds is 4. The predicted molar refractivity (Wildman–Crippen MR) is 92.0 cm³/mol. The Morgan fingerprint density at radius 1 is 1.29 bits per heavy atom. The molecule has 0 unspecified atom stereocenters. The third kappa shape index (κ3) is 3.56. The maximum Gasteiger partial charge on any atom is 0.262 e. The van der Waals surface area contributed by atoms with Crippen LogP contribution in [0.15, 0.2) is 42.5 Å². The molecule has 0 aromatic heterocycles. The van der Waals surface area contributed by atoms with E-state index in [1.165, 1.54) is 0 Å².